The summed E-state index contributed by atoms with van der Waals surface area (Å²) in [5, 5.41) is 3.31. The summed E-state index contributed by atoms with van der Waals surface area (Å²) >= 11 is 0. The molecule has 5 nitrogen and oxygen atoms in total. The van der Waals surface area contributed by atoms with Crippen LogP contribution < -0.4 is 11.1 Å². The molecule has 1 saturated carbocycles. The van der Waals surface area contributed by atoms with Crippen LogP contribution in [0.5, 0.6) is 0 Å². The minimum absolute atomic E-state index is 0.0852. The lowest BCUT2D eigenvalue weighted by molar-refractivity contribution is 0.338. The SMILES string of the molecule is NC1=NCCC(c2c(-c3ccc(F)cc3)ncn2C2CCCCC2)N1. The van der Waals surface area contributed by atoms with Gasteiger partial charge in [-0.15, -0.1) is 0 Å². The van der Waals surface area contributed by atoms with E-state index >= 15 is 0 Å². The first kappa shape index (κ1) is 16.1. The third-order valence-corrected chi connectivity index (χ3v) is 5.27. The van der Waals surface area contributed by atoms with Gasteiger partial charge < -0.3 is 15.6 Å². The van der Waals surface area contributed by atoms with E-state index in [1.165, 1.54) is 44.2 Å². The minimum Gasteiger partial charge on any atom is -0.370 e. The van der Waals surface area contributed by atoms with Crippen molar-refractivity contribution in [3.05, 3.63) is 42.1 Å². The number of benzene rings is 1. The third kappa shape index (κ3) is 3.25. The third-order valence-electron chi connectivity index (χ3n) is 5.27. The first-order valence-electron chi connectivity index (χ1n) is 9.11. The molecule has 6 heteroatoms. The Hall–Kier alpha value is -2.37. The van der Waals surface area contributed by atoms with E-state index in [0.29, 0.717) is 18.5 Å². The highest BCUT2D eigenvalue weighted by atomic mass is 19.1. The Bertz CT molecular complexity index is 759. The molecule has 3 N–H and O–H groups in total. The summed E-state index contributed by atoms with van der Waals surface area (Å²) in [5.74, 6) is 0.252. The van der Waals surface area contributed by atoms with Crippen LogP contribution in [0.2, 0.25) is 0 Å². The molecular formula is C19H24FN5. The fourth-order valence-electron chi connectivity index (χ4n) is 4.01. The van der Waals surface area contributed by atoms with Crippen molar-refractivity contribution in [2.45, 2.75) is 50.6 Å². The van der Waals surface area contributed by atoms with Crippen molar-refractivity contribution in [1.82, 2.24) is 14.9 Å². The Morgan fingerprint density at radius 1 is 1.08 bits per heavy atom. The molecule has 4 rings (SSSR count). The van der Waals surface area contributed by atoms with Crippen LogP contribution in [-0.2, 0) is 0 Å². The van der Waals surface area contributed by atoms with Crippen molar-refractivity contribution < 1.29 is 4.39 Å². The average molecular weight is 341 g/mol. The van der Waals surface area contributed by atoms with Crippen molar-refractivity contribution in [3.63, 3.8) is 0 Å². The summed E-state index contributed by atoms with van der Waals surface area (Å²) in [5.41, 5.74) is 8.93. The average Bonchev–Trinajstić information content (AvgIpc) is 3.08. The number of imidazole rings is 1. The maximum atomic E-state index is 13.3. The Labute approximate surface area is 147 Å². The molecular weight excluding hydrogens is 317 g/mol. The fourth-order valence-corrected chi connectivity index (χ4v) is 4.01. The van der Waals surface area contributed by atoms with Gasteiger partial charge >= 0.3 is 0 Å². The van der Waals surface area contributed by atoms with Gasteiger partial charge in [-0.2, -0.15) is 0 Å². The number of aromatic nitrogens is 2. The normalized spacial score (nSPS) is 21.6. The topological polar surface area (TPSA) is 68.2 Å². The van der Waals surface area contributed by atoms with Crippen LogP contribution in [0, 0.1) is 5.82 Å². The Kier molecular flexibility index (Phi) is 4.42. The lowest BCUT2D eigenvalue weighted by Gasteiger charge is -2.30. The number of nitrogens with one attached hydrogen (secondary N) is 1. The van der Waals surface area contributed by atoms with Crippen LogP contribution in [0.3, 0.4) is 0 Å². The first-order valence-corrected chi connectivity index (χ1v) is 9.11. The standard InChI is InChI=1S/C19H24FN5/c20-14-8-6-13(7-9-14)17-18(16-10-11-22-19(21)24-16)25(12-23-17)15-4-2-1-3-5-15/h6-9,12,15-16H,1-5,10-11H2,(H3,21,22,24). The van der Waals surface area contributed by atoms with Crippen molar-refractivity contribution in [2.24, 2.45) is 10.7 Å². The summed E-state index contributed by atoms with van der Waals surface area (Å²) in [6.07, 6.45) is 9.03. The van der Waals surface area contributed by atoms with Crippen molar-refractivity contribution in [1.29, 1.82) is 0 Å². The maximum absolute atomic E-state index is 13.3. The van der Waals surface area contributed by atoms with E-state index in [1.54, 1.807) is 12.1 Å². The van der Waals surface area contributed by atoms with Gasteiger partial charge in [-0.3, -0.25) is 4.99 Å². The second-order valence-electron chi connectivity index (χ2n) is 6.94. The molecule has 1 fully saturated rings. The summed E-state index contributed by atoms with van der Waals surface area (Å²) in [4.78, 5) is 8.96. The largest absolute Gasteiger partial charge is 0.370 e. The predicted molar refractivity (Wildman–Crippen MR) is 96.7 cm³/mol. The maximum Gasteiger partial charge on any atom is 0.189 e. The summed E-state index contributed by atoms with van der Waals surface area (Å²) in [6.45, 7) is 0.711. The number of hydrogen-bond donors (Lipinski definition) is 2. The van der Waals surface area contributed by atoms with Gasteiger partial charge in [-0.05, 0) is 43.5 Å². The van der Waals surface area contributed by atoms with Crippen molar-refractivity contribution in [3.8, 4) is 11.3 Å². The smallest absolute Gasteiger partial charge is 0.189 e. The zero-order valence-corrected chi connectivity index (χ0v) is 14.3. The lowest BCUT2D eigenvalue weighted by atomic mass is 9.94. The molecule has 1 aliphatic heterocycles. The van der Waals surface area contributed by atoms with Gasteiger partial charge in [0.1, 0.15) is 5.82 Å². The number of hydrogen-bond acceptors (Lipinski definition) is 4. The highest BCUT2D eigenvalue weighted by Crippen LogP contribution is 2.36. The van der Waals surface area contributed by atoms with E-state index in [-0.39, 0.29) is 11.9 Å². The molecule has 0 amide bonds. The second-order valence-corrected chi connectivity index (χ2v) is 6.94. The Morgan fingerprint density at radius 2 is 1.84 bits per heavy atom. The molecule has 0 radical (unpaired) electrons. The molecule has 1 aliphatic carbocycles. The lowest BCUT2D eigenvalue weighted by Crippen LogP contribution is -2.40. The van der Waals surface area contributed by atoms with Gasteiger partial charge in [-0.1, -0.05) is 19.3 Å². The fraction of sp³-hybridized carbons (Fsp3) is 0.474. The number of rotatable bonds is 3. The first-order chi connectivity index (χ1) is 12.2. The molecule has 1 aromatic heterocycles. The van der Waals surface area contributed by atoms with Crippen LogP contribution in [0.4, 0.5) is 4.39 Å². The molecule has 132 valence electrons. The number of aliphatic imine (C=N–C) groups is 1. The molecule has 1 aromatic carbocycles. The molecule has 0 spiro atoms. The molecule has 2 heterocycles. The Balaban J connectivity index is 1.76. The van der Waals surface area contributed by atoms with Crippen LogP contribution >= 0.6 is 0 Å². The molecule has 2 aromatic rings. The number of nitrogens with two attached hydrogens (primary N) is 1. The van der Waals surface area contributed by atoms with Crippen LogP contribution in [0.15, 0.2) is 35.6 Å². The minimum atomic E-state index is -0.232. The summed E-state index contributed by atoms with van der Waals surface area (Å²) < 4.78 is 15.7. The number of nitrogens with zero attached hydrogens (tertiary/aromatic N) is 3. The van der Waals surface area contributed by atoms with Crippen LogP contribution in [0.25, 0.3) is 11.3 Å². The van der Waals surface area contributed by atoms with Crippen LogP contribution in [-0.4, -0.2) is 22.1 Å². The summed E-state index contributed by atoms with van der Waals surface area (Å²) in [7, 11) is 0. The predicted octanol–water partition coefficient (Wildman–Crippen LogP) is 3.54. The van der Waals surface area contributed by atoms with E-state index in [2.05, 4.69) is 14.9 Å². The number of halogens is 1. The van der Waals surface area contributed by atoms with E-state index in [1.807, 2.05) is 6.33 Å². The van der Waals surface area contributed by atoms with Gasteiger partial charge in [0.25, 0.3) is 0 Å². The van der Waals surface area contributed by atoms with Crippen molar-refractivity contribution in [2.75, 3.05) is 6.54 Å². The van der Waals surface area contributed by atoms with E-state index in [4.69, 9.17) is 10.7 Å². The highest BCUT2D eigenvalue weighted by Gasteiger charge is 2.28. The van der Waals surface area contributed by atoms with E-state index in [9.17, 15) is 4.39 Å². The zero-order chi connectivity index (χ0) is 17.2. The Morgan fingerprint density at radius 3 is 2.56 bits per heavy atom. The quantitative estimate of drug-likeness (QED) is 0.897. The van der Waals surface area contributed by atoms with Gasteiger partial charge in [0.15, 0.2) is 5.96 Å². The molecule has 1 unspecified atom stereocenters. The molecule has 1 atom stereocenters. The number of guanidine groups is 1. The van der Waals surface area contributed by atoms with Crippen LogP contribution in [0.1, 0.15) is 56.3 Å². The summed E-state index contributed by atoms with van der Waals surface area (Å²) in [6, 6.07) is 7.14. The van der Waals surface area contributed by atoms with Gasteiger partial charge in [-0.25, -0.2) is 9.37 Å². The zero-order valence-electron chi connectivity index (χ0n) is 14.3. The van der Waals surface area contributed by atoms with E-state index < -0.39 is 0 Å². The molecule has 25 heavy (non-hydrogen) atoms. The molecule has 2 aliphatic rings. The van der Waals surface area contributed by atoms with Gasteiger partial charge in [0.05, 0.1) is 23.8 Å². The molecule has 0 saturated heterocycles. The van der Waals surface area contributed by atoms with E-state index in [0.717, 1.165) is 23.4 Å². The second kappa shape index (κ2) is 6.86. The monoisotopic (exact) mass is 341 g/mol. The molecule has 0 bridgehead atoms. The highest BCUT2D eigenvalue weighted by molar-refractivity contribution is 5.79. The van der Waals surface area contributed by atoms with Gasteiger partial charge in [0, 0.05) is 18.2 Å². The van der Waals surface area contributed by atoms with Crippen molar-refractivity contribution >= 4 is 5.96 Å². The van der Waals surface area contributed by atoms with Gasteiger partial charge in [0.2, 0.25) is 0 Å².